The van der Waals surface area contributed by atoms with E-state index in [-0.39, 0.29) is 17.0 Å². The lowest BCUT2D eigenvalue weighted by Crippen LogP contribution is -2.40. The molecule has 2 aliphatic rings. The van der Waals surface area contributed by atoms with E-state index in [1.54, 1.807) is 6.07 Å². The molecule has 40 heavy (non-hydrogen) atoms. The van der Waals surface area contributed by atoms with Crippen molar-refractivity contribution in [3.8, 4) is 0 Å². The van der Waals surface area contributed by atoms with E-state index in [9.17, 15) is 46.2 Å². The maximum Gasteiger partial charge on any atom is 0.412 e. The van der Waals surface area contributed by atoms with Gasteiger partial charge in [-0.05, 0) is 30.5 Å². The van der Waals surface area contributed by atoms with E-state index in [1.165, 1.54) is 10.8 Å². The van der Waals surface area contributed by atoms with Gasteiger partial charge >= 0.3 is 19.9 Å². The fourth-order valence-corrected chi connectivity index (χ4v) is 6.44. The third-order valence-corrected chi connectivity index (χ3v) is 8.47. The number of hydrogen-bond donors (Lipinski definition) is 4. The van der Waals surface area contributed by atoms with Crippen LogP contribution in [0.2, 0.25) is 5.28 Å². The molecule has 19 heteroatoms. The van der Waals surface area contributed by atoms with Crippen molar-refractivity contribution >= 4 is 36.0 Å². The molecule has 2 aromatic heterocycles. The Bertz CT molecular complexity index is 1210. The molecule has 2 aromatic rings. The maximum atomic E-state index is 12.7. The minimum Gasteiger partial charge on any atom is -0.390 e. The van der Waals surface area contributed by atoms with Gasteiger partial charge < -0.3 is 29.9 Å². The quantitative estimate of drug-likeness (QED) is 0.175. The first-order valence-corrected chi connectivity index (χ1v) is 14.2. The molecule has 5 atom stereocenters. The van der Waals surface area contributed by atoms with Crippen molar-refractivity contribution in [2.75, 3.05) is 24.7 Å². The summed E-state index contributed by atoms with van der Waals surface area (Å²) in [5.41, 5.74) is 0.166. The van der Waals surface area contributed by atoms with Gasteiger partial charge in [0.05, 0.1) is 17.7 Å². The van der Waals surface area contributed by atoms with E-state index < -0.39 is 70.0 Å². The number of nitrogens with one attached hydrogen (secondary N) is 1. The van der Waals surface area contributed by atoms with Gasteiger partial charge in [-0.3, -0.25) is 13.6 Å². The minimum absolute atomic E-state index is 0.151. The number of hydrogen-bond acceptors (Lipinski definition) is 10. The molecule has 0 bridgehead atoms. The van der Waals surface area contributed by atoms with Gasteiger partial charge in [0, 0.05) is 12.2 Å². The maximum absolute atomic E-state index is 12.7. The molecule has 11 nitrogen and oxygen atoms in total. The fraction of sp³-hybridized carbons (Fsp3) is 0.714. The highest BCUT2D eigenvalue weighted by atomic mass is 35.5. The Morgan fingerprint density at radius 3 is 2.27 bits per heavy atom. The number of aliphatic hydroxyl groups is 3. The van der Waals surface area contributed by atoms with Crippen molar-refractivity contribution < 1.29 is 60.0 Å². The SMILES string of the molecule is O=P(CC(O)[C@@H]1O[C@@H](n2ccc3c(NC4CCCC4)nc(Cl)nc32)[C@H](O)[C@@H]1O)(OCC(F)(F)F)OCC(F)(F)F. The van der Waals surface area contributed by atoms with E-state index >= 15 is 0 Å². The highest BCUT2D eigenvalue weighted by molar-refractivity contribution is 7.53. The van der Waals surface area contributed by atoms with Gasteiger partial charge in [0.25, 0.3) is 0 Å². The molecule has 2 fully saturated rings. The van der Waals surface area contributed by atoms with Crippen LogP contribution < -0.4 is 5.32 Å². The predicted octanol–water partition coefficient (Wildman–Crippen LogP) is 3.77. The second-order valence-electron chi connectivity index (χ2n) is 9.54. The smallest absolute Gasteiger partial charge is 0.390 e. The summed E-state index contributed by atoms with van der Waals surface area (Å²) in [6, 6.07) is 1.74. The Hall–Kier alpha value is -1.72. The Kier molecular flexibility index (Phi) is 9.27. The van der Waals surface area contributed by atoms with Crippen LogP contribution in [0.5, 0.6) is 0 Å². The summed E-state index contributed by atoms with van der Waals surface area (Å²) >= 11 is 6.10. The zero-order chi connectivity index (χ0) is 29.5. The summed E-state index contributed by atoms with van der Waals surface area (Å²) in [4.78, 5) is 8.35. The largest absolute Gasteiger partial charge is 0.412 e. The number of aromatic nitrogens is 3. The average Bonchev–Trinajstić information content (AvgIpc) is 3.56. The molecular weight excluding hydrogens is 601 g/mol. The predicted molar refractivity (Wildman–Crippen MR) is 127 cm³/mol. The van der Waals surface area contributed by atoms with Crippen molar-refractivity contribution in [3.05, 3.63) is 17.5 Å². The molecule has 1 saturated heterocycles. The van der Waals surface area contributed by atoms with E-state index in [4.69, 9.17) is 16.3 Å². The molecule has 1 unspecified atom stereocenters. The summed E-state index contributed by atoms with van der Waals surface area (Å²) < 4.78 is 103. The van der Waals surface area contributed by atoms with Crippen molar-refractivity contribution in [3.63, 3.8) is 0 Å². The summed E-state index contributed by atoms with van der Waals surface area (Å²) in [6.07, 6.45) is -15.3. The molecule has 0 spiro atoms. The van der Waals surface area contributed by atoms with E-state index in [1.807, 2.05) is 0 Å². The summed E-state index contributed by atoms with van der Waals surface area (Å²) in [5, 5.41) is 35.4. The fourth-order valence-electron chi connectivity index (χ4n) is 4.64. The van der Waals surface area contributed by atoms with Crippen LogP contribution in [0.25, 0.3) is 11.0 Å². The van der Waals surface area contributed by atoms with E-state index in [0.717, 1.165) is 25.7 Å². The molecule has 4 rings (SSSR count). The lowest BCUT2D eigenvalue weighted by Gasteiger charge is -2.26. The van der Waals surface area contributed by atoms with Crippen LogP contribution in [0, 0.1) is 0 Å². The number of rotatable bonds is 10. The van der Waals surface area contributed by atoms with Gasteiger partial charge in [-0.15, -0.1) is 0 Å². The van der Waals surface area contributed by atoms with Crippen molar-refractivity contribution in [2.24, 2.45) is 0 Å². The molecule has 1 saturated carbocycles. The average molecular weight is 627 g/mol. The van der Waals surface area contributed by atoms with E-state index in [0.29, 0.717) is 11.2 Å². The standard InChI is InChI=1S/C21H26ClF6N4O7P/c22-19-30-16(29-10-3-1-2-4-10)11-5-6-32(17(11)31-19)18-14(35)13(34)15(39-18)12(33)7-40(36,37-8-20(23,24)25)38-9-21(26,27)28/h5-6,10,12-15,18,33-35H,1-4,7-9H2,(H,29,30,31)/t12?,13-,14+,15-,18+/m0/s1. The lowest BCUT2D eigenvalue weighted by molar-refractivity contribution is -0.166. The molecule has 226 valence electrons. The summed E-state index contributed by atoms with van der Waals surface area (Å²) in [6.45, 7) is -4.44. The third kappa shape index (κ3) is 7.56. The van der Waals surface area contributed by atoms with Crippen LogP contribution in [-0.2, 0) is 18.3 Å². The number of fused-ring (bicyclic) bond motifs is 1. The third-order valence-electron chi connectivity index (χ3n) is 6.43. The molecule has 0 aromatic carbocycles. The summed E-state index contributed by atoms with van der Waals surface area (Å²) in [7, 11) is -5.23. The highest BCUT2D eigenvalue weighted by Gasteiger charge is 2.50. The number of anilines is 1. The van der Waals surface area contributed by atoms with Crippen LogP contribution in [0.4, 0.5) is 32.2 Å². The van der Waals surface area contributed by atoms with Crippen LogP contribution in [0.1, 0.15) is 31.9 Å². The van der Waals surface area contributed by atoms with Gasteiger partial charge in [0.1, 0.15) is 29.8 Å². The van der Waals surface area contributed by atoms with Gasteiger partial charge in [-0.2, -0.15) is 31.3 Å². The topological polar surface area (TPSA) is 148 Å². The number of nitrogens with zero attached hydrogens (tertiary/aromatic N) is 3. The van der Waals surface area contributed by atoms with Gasteiger partial charge in [0.15, 0.2) is 19.4 Å². The Balaban J connectivity index is 1.54. The molecule has 3 heterocycles. The molecule has 4 N–H and O–H groups in total. The van der Waals surface area contributed by atoms with Crippen molar-refractivity contribution in [2.45, 2.75) is 74.7 Å². The monoisotopic (exact) mass is 626 g/mol. The molecule has 1 aliphatic carbocycles. The molecule has 0 amide bonds. The summed E-state index contributed by atoms with van der Waals surface area (Å²) in [5.74, 6) is 0.412. The van der Waals surface area contributed by atoms with Crippen molar-refractivity contribution in [1.29, 1.82) is 0 Å². The highest BCUT2D eigenvalue weighted by Crippen LogP contribution is 2.52. The molecular formula is C21H26ClF6N4O7P. The second kappa shape index (κ2) is 11.9. The number of halogens is 7. The second-order valence-corrected chi connectivity index (χ2v) is 12.0. The van der Waals surface area contributed by atoms with E-state index in [2.05, 4.69) is 24.3 Å². The zero-order valence-electron chi connectivity index (χ0n) is 20.5. The molecule has 0 radical (unpaired) electrons. The first-order chi connectivity index (χ1) is 18.6. The van der Waals surface area contributed by atoms with Crippen LogP contribution in [0.3, 0.4) is 0 Å². The normalized spacial score (nSPS) is 25.6. The van der Waals surface area contributed by atoms with Crippen LogP contribution >= 0.6 is 19.2 Å². The zero-order valence-corrected chi connectivity index (χ0v) is 22.1. The first kappa shape index (κ1) is 31.2. The van der Waals surface area contributed by atoms with Crippen LogP contribution in [0.15, 0.2) is 12.3 Å². The van der Waals surface area contributed by atoms with Crippen LogP contribution in [-0.4, -0.2) is 92.0 Å². The van der Waals surface area contributed by atoms with Gasteiger partial charge in [0.2, 0.25) is 5.28 Å². The number of aliphatic hydroxyl groups excluding tert-OH is 3. The van der Waals surface area contributed by atoms with Gasteiger partial charge in [-0.25, -0.2) is 4.98 Å². The number of ether oxygens (including phenoxy) is 1. The number of alkyl halides is 6. The Morgan fingerprint density at radius 2 is 1.70 bits per heavy atom. The first-order valence-electron chi connectivity index (χ1n) is 12.1. The Labute approximate surface area is 227 Å². The van der Waals surface area contributed by atoms with Gasteiger partial charge in [-0.1, -0.05) is 12.8 Å². The lowest BCUT2D eigenvalue weighted by atomic mass is 10.1. The van der Waals surface area contributed by atoms with Crippen molar-refractivity contribution in [1.82, 2.24) is 14.5 Å². The minimum atomic E-state index is -5.23. The molecule has 1 aliphatic heterocycles. The Morgan fingerprint density at radius 1 is 1.10 bits per heavy atom.